The fraction of sp³-hybridized carbons (Fsp3) is 0.0882. The maximum Gasteiger partial charge on any atom is 0.420 e. The molecule has 0 atom stereocenters. The monoisotopic (exact) mass is 538 g/mol. The molecule has 0 heterocycles. The minimum Gasteiger partial charge on any atom is -0.465 e. The van der Waals surface area contributed by atoms with Crippen LogP contribution in [-0.2, 0) is 10.9 Å². The number of aryl methyl sites for hydroxylation is 1. The molecule has 0 aromatic heterocycles. The number of hydrogen-bond donors (Lipinski definition) is 0. The van der Waals surface area contributed by atoms with Crippen LogP contribution < -0.4 is 4.74 Å². The summed E-state index contributed by atoms with van der Waals surface area (Å²) in [5.74, 6) is -0.622. The normalized spacial score (nSPS) is 11.2. The largest absolute Gasteiger partial charge is 0.465 e. The van der Waals surface area contributed by atoms with Crippen LogP contribution >= 0.6 is 0 Å². The summed E-state index contributed by atoms with van der Waals surface area (Å²) in [7, 11) is 1.26. The topological polar surface area (TPSA) is 35.5 Å². The lowest BCUT2D eigenvalue weighted by molar-refractivity contribution is -0.138. The molecule has 200 valence electrons. The summed E-state index contributed by atoms with van der Waals surface area (Å²) in [4.78, 5) is 12.4. The number of hydrogen-bond acceptors (Lipinski definition) is 3. The Labute approximate surface area is 230 Å². The lowest BCUT2D eigenvalue weighted by Gasteiger charge is -2.25. The highest BCUT2D eigenvalue weighted by molar-refractivity contribution is 5.99. The molecule has 0 radical (unpaired) electrons. The van der Waals surface area contributed by atoms with E-state index < -0.39 is 17.7 Å². The second kappa shape index (κ2) is 11.1. The molecule has 0 saturated carbocycles. The van der Waals surface area contributed by atoms with Gasteiger partial charge < -0.3 is 9.47 Å². The molecule has 0 unspecified atom stereocenters. The van der Waals surface area contributed by atoms with Crippen molar-refractivity contribution in [1.29, 1.82) is 0 Å². The Balaban J connectivity index is 1.94. The first-order valence-corrected chi connectivity index (χ1v) is 12.6. The maximum absolute atomic E-state index is 15.1. The van der Waals surface area contributed by atoms with E-state index in [1.165, 1.54) is 13.2 Å². The van der Waals surface area contributed by atoms with Gasteiger partial charge in [-0.2, -0.15) is 13.2 Å². The van der Waals surface area contributed by atoms with Crippen LogP contribution in [0.25, 0.3) is 33.4 Å². The van der Waals surface area contributed by atoms with Crippen molar-refractivity contribution in [3.05, 3.63) is 132 Å². The van der Waals surface area contributed by atoms with Crippen LogP contribution in [0.3, 0.4) is 0 Å². The molecule has 5 rings (SSSR count). The summed E-state index contributed by atoms with van der Waals surface area (Å²) >= 11 is 0. The molecule has 0 aliphatic rings. The highest BCUT2D eigenvalue weighted by atomic mass is 19.4. The summed E-state index contributed by atoms with van der Waals surface area (Å²) in [5, 5.41) is 0. The van der Waals surface area contributed by atoms with Crippen LogP contribution in [0.1, 0.15) is 21.5 Å². The molecule has 40 heavy (non-hydrogen) atoms. The van der Waals surface area contributed by atoms with Crippen LogP contribution in [0, 0.1) is 6.92 Å². The molecule has 0 aliphatic carbocycles. The second-order valence-electron chi connectivity index (χ2n) is 9.26. The molecule has 5 aromatic carbocycles. The van der Waals surface area contributed by atoms with Crippen LogP contribution in [0.5, 0.6) is 11.5 Å². The molecular weight excluding hydrogens is 513 g/mol. The summed E-state index contributed by atoms with van der Waals surface area (Å²) in [5.41, 5.74) is 2.65. The van der Waals surface area contributed by atoms with Gasteiger partial charge in [0.15, 0.2) is 0 Å². The molecule has 5 aromatic rings. The number of para-hydroxylation sites is 1. The van der Waals surface area contributed by atoms with Gasteiger partial charge in [-0.05, 0) is 65.1 Å². The van der Waals surface area contributed by atoms with Gasteiger partial charge in [0.2, 0.25) is 0 Å². The van der Waals surface area contributed by atoms with Gasteiger partial charge in [0.05, 0.1) is 12.7 Å². The van der Waals surface area contributed by atoms with Gasteiger partial charge >= 0.3 is 12.1 Å². The molecule has 0 amide bonds. The van der Waals surface area contributed by atoms with E-state index in [4.69, 9.17) is 9.47 Å². The molecule has 0 aliphatic heterocycles. The van der Waals surface area contributed by atoms with E-state index in [1.54, 1.807) is 84.9 Å². The van der Waals surface area contributed by atoms with Crippen molar-refractivity contribution in [2.45, 2.75) is 13.1 Å². The van der Waals surface area contributed by atoms with Gasteiger partial charge in [0.25, 0.3) is 0 Å². The number of esters is 1. The maximum atomic E-state index is 15.1. The van der Waals surface area contributed by atoms with Crippen LogP contribution in [0.15, 0.2) is 115 Å². The fourth-order valence-corrected chi connectivity index (χ4v) is 4.71. The van der Waals surface area contributed by atoms with E-state index in [1.807, 2.05) is 31.2 Å². The van der Waals surface area contributed by atoms with Crippen molar-refractivity contribution in [3.8, 4) is 44.9 Å². The Morgan fingerprint density at radius 3 is 1.93 bits per heavy atom. The number of carbonyl (C=O) groups excluding carboxylic acids is 1. The zero-order valence-electron chi connectivity index (χ0n) is 21.8. The highest BCUT2D eigenvalue weighted by Crippen LogP contribution is 2.52. The van der Waals surface area contributed by atoms with Crippen molar-refractivity contribution >= 4 is 5.97 Å². The van der Waals surface area contributed by atoms with Crippen LogP contribution in [-0.4, -0.2) is 13.1 Å². The Bertz CT molecular complexity index is 1640. The number of ether oxygens (including phenoxy) is 2. The van der Waals surface area contributed by atoms with Gasteiger partial charge in [-0.15, -0.1) is 0 Å². The number of alkyl halides is 3. The third-order valence-corrected chi connectivity index (χ3v) is 6.54. The molecule has 0 saturated heterocycles. The van der Waals surface area contributed by atoms with Gasteiger partial charge in [-0.1, -0.05) is 90.5 Å². The van der Waals surface area contributed by atoms with Gasteiger partial charge in [-0.3, -0.25) is 0 Å². The van der Waals surface area contributed by atoms with Gasteiger partial charge in [-0.25, -0.2) is 4.79 Å². The quantitative estimate of drug-likeness (QED) is 0.202. The first kappa shape index (κ1) is 26.8. The molecule has 0 bridgehead atoms. The zero-order valence-corrected chi connectivity index (χ0v) is 21.8. The first-order valence-electron chi connectivity index (χ1n) is 12.6. The summed E-state index contributed by atoms with van der Waals surface area (Å²) in [6.07, 6.45) is -4.77. The number of methoxy groups -OCH3 is 1. The van der Waals surface area contributed by atoms with E-state index in [0.29, 0.717) is 27.8 Å². The predicted octanol–water partition coefficient (Wildman–Crippen LogP) is 9.59. The van der Waals surface area contributed by atoms with E-state index in [9.17, 15) is 4.79 Å². The van der Waals surface area contributed by atoms with Crippen molar-refractivity contribution in [3.63, 3.8) is 0 Å². The van der Waals surface area contributed by atoms with Gasteiger partial charge in [0.1, 0.15) is 17.1 Å². The van der Waals surface area contributed by atoms with E-state index in [2.05, 4.69) is 0 Å². The summed E-state index contributed by atoms with van der Waals surface area (Å²) in [6.45, 7) is 1.94. The molecule has 0 fully saturated rings. The van der Waals surface area contributed by atoms with Gasteiger partial charge in [0, 0.05) is 5.56 Å². The second-order valence-corrected chi connectivity index (χ2v) is 9.26. The number of halogens is 3. The Kier molecular flexibility index (Phi) is 7.43. The number of carbonyl (C=O) groups is 1. The molecule has 6 heteroatoms. The Morgan fingerprint density at radius 1 is 0.675 bits per heavy atom. The minimum atomic E-state index is -4.77. The van der Waals surface area contributed by atoms with Crippen molar-refractivity contribution in [2.24, 2.45) is 0 Å². The minimum absolute atomic E-state index is 0.0425. The van der Waals surface area contributed by atoms with Crippen LogP contribution in [0.4, 0.5) is 13.2 Å². The molecule has 0 N–H and O–H groups in total. The van der Waals surface area contributed by atoms with E-state index in [-0.39, 0.29) is 22.6 Å². The molecule has 3 nitrogen and oxygen atoms in total. The SMILES string of the molecule is COC(=O)c1cccc(-c2c(-c3ccc(C)cc3)cc(Oc3ccccc3)c(C(F)(F)F)c2-c2ccccc2)c1. The average Bonchev–Trinajstić information content (AvgIpc) is 2.97. The molecular formula is C34H25F3O3. The first-order chi connectivity index (χ1) is 19.3. The van der Waals surface area contributed by atoms with Crippen molar-refractivity contribution in [2.75, 3.05) is 7.11 Å². The third-order valence-electron chi connectivity index (χ3n) is 6.54. The Morgan fingerprint density at radius 2 is 1.30 bits per heavy atom. The zero-order chi connectivity index (χ0) is 28.3. The van der Waals surface area contributed by atoms with Crippen molar-refractivity contribution in [1.82, 2.24) is 0 Å². The van der Waals surface area contributed by atoms with E-state index >= 15 is 13.2 Å². The average molecular weight is 539 g/mol. The van der Waals surface area contributed by atoms with E-state index in [0.717, 1.165) is 5.56 Å². The van der Waals surface area contributed by atoms with Crippen molar-refractivity contribution < 1.29 is 27.4 Å². The lowest BCUT2D eigenvalue weighted by Crippen LogP contribution is -2.12. The highest BCUT2D eigenvalue weighted by Gasteiger charge is 2.40. The number of benzene rings is 5. The fourth-order valence-electron chi connectivity index (χ4n) is 4.71. The number of rotatable bonds is 6. The third kappa shape index (κ3) is 5.47. The predicted molar refractivity (Wildman–Crippen MR) is 150 cm³/mol. The van der Waals surface area contributed by atoms with Crippen LogP contribution in [0.2, 0.25) is 0 Å². The summed E-state index contributed by atoms with van der Waals surface area (Å²) < 4.78 is 56.1. The summed E-state index contributed by atoms with van der Waals surface area (Å²) in [6, 6.07) is 32.3. The standard InChI is InChI=1S/C34H25F3O3/c1-22-16-18-23(19-17-22)28-21-29(40-27-14-7-4-8-15-27)32(34(35,36)37)31(24-10-5-3-6-11-24)30(28)25-12-9-13-26(20-25)33(38)39-2/h3-21H,1-2H3. The smallest absolute Gasteiger partial charge is 0.420 e. The molecule has 0 spiro atoms. The Hall–Kier alpha value is -4.84. The lowest BCUT2D eigenvalue weighted by atomic mass is 9.83.